The predicted octanol–water partition coefficient (Wildman–Crippen LogP) is 1.69. The number of amides is 1. The third-order valence-corrected chi connectivity index (χ3v) is 4.65. The predicted molar refractivity (Wildman–Crippen MR) is 60.9 cm³/mol. The largest absolute Gasteiger partial charge is 0.390 e. The van der Waals surface area contributed by atoms with Crippen LogP contribution in [0.4, 0.5) is 0 Å². The average Bonchev–Trinajstić information content (AvgIpc) is 2.13. The molecule has 0 aromatic carbocycles. The molecule has 4 bridgehead atoms. The Morgan fingerprint density at radius 3 is 2.44 bits per heavy atom. The zero-order valence-corrected chi connectivity index (χ0v) is 9.98. The molecule has 0 spiro atoms. The molecule has 0 radical (unpaired) electrons. The van der Waals surface area contributed by atoms with Crippen molar-refractivity contribution in [1.82, 2.24) is 4.90 Å². The van der Waals surface area contributed by atoms with Crippen LogP contribution in [0.2, 0.25) is 0 Å². The summed E-state index contributed by atoms with van der Waals surface area (Å²) in [6, 6.07) is 0.686. The summed E-state index contributed by atoms with van der Waals surface area (Å²) in [4.78, 5) is 14.2. The molecule has 0 aromatic heterocycles. The molecule has 2 aliphatic heterocycles. The van der Waals surface area contributed by atoms with Crippen LogP contribution in [-0.4, -0.2) is 33.6 Å². The highest BCUT2D eigenvalue weighted by atomic mass is 16.3. The summed E-state index contributed by atoms with van der Waals surface area (Å²) in [6.07, 6.45) is 6.52. The van der Waals surface area contributed by atoms with Gasteiger partial charge in [0.05, 0.1) is 5.60 Å². The summed E-state index contributed by atoms with van der Waals surface area (Å²) in [5.41, 5.74) is -0.431. The van der Waals surface area contributed by atoms with E-state index in [1.165, 1.54) is 0 Å². The molecule has 2 atom stereocenters. The van der Waals surface area contributed by atoms with Gasteiger partial charge in [0.15, 0.2) is 0 Å². The highest BCUT2D eigenvalue weighted by molar-refractivity contribution is 5.77. The minimum Gasteiger partial charge on any atom is -0.390 e. The molecule has 2 aliphatic carbocycles. The summed E-state index contributed by atoms with van der Waals surface area (Å²) in [6.45, 7) is 2.06. The number of carbonyl (C=O) groups is 1. The van der Waals surface area contributed by atoms with Crippen molar-refractivity contribution in [2.75, 3.05) is 0 Å². The lowest BCUT2D eigenvalue weighted by molar-refractivity contribution is -0.174. The Bertz CT molecular complexity index is 299. The van der Waals surface area contributed by atoms with Crippen LogP contribution < -0.4 is 0 Å². The monoisotopic (exact) mass is 223 g/mol. The number of hydrogen-bond acceptors (Lipinski definition) is 2. The van der Waals surface area contributed by atoms with E-state index in [0.29, 0.717) is 30.3 Å². The lowest BCUT2D eigenvalue weighted by Crippen LogP contribution is -2.65. The summed E-state index contributed by atoms with van der Waals surface area (Å²) < 4.78 is 0. The van der Waals surface area contributed by atoms with Gasteiger partial charge in [0.1, 0.15) is 0 Å². The van der Waals surface area contributed by atoms with E-state index in [4.69, 9.17) is 0 Å². The number of rotatable bonds is 2. The van der Waals surface area contributed by atoms with Gasteiger partial charge in [-0.25, -0.2) is 0 Å². The summed E-state index contributed by atoms with van der Waals surface area (Å²) >= 11 is 0. The van der Waals surface area contributed by atoms with Gasteiger partial charge in [0.2, 0.25) is 5.91 Å². The fourth-order valence-electron chi connectivity index (χ4n) is 4.34. The molecule has 2 saturated carbocycles. The van der Waals surface area contributed by atoms with Gasteiger partial charge >= 0.3 is 0 Å². The standard InChI is InChI=1S/C13H21NO2/c1-2-3-12(15)14-10-4-9-5-11(14)8-13(16,6-9)7-10/h9-11,16H,2-8H2,1H3. The minimum atomic E-state index is -0.431. The van der Waals surface area contributed by atoms with E-state index in [1.54, 1.807) is 0 Å². The number of carbonyl (C=O) groups excluding carboxylic acids is 1. The van der Waals surface area contributed by atoms with Crippen molar-refractivity contribution in [2.45, 2.75) is 69.6 Å². The van der Waals surface area contributed by atoms with Crippen molar-refractivity contribution >= 4 is 5.91 Å². The topological polar surface area (TPSA) is 40.5 Å². The third kappa shape index (κ3) is 1.48. The molecule has 1 amide bonds. The number of hydrogen-bond donors (Lipinski definition) is 1. The van der Waals surface area contributed by atoms with Crippen LogP contribution >= 0.6 is 0 Å². The Hall–Kier alpha value is -0.570. The molecule has 1 N–H and O–H groups in total. The maximum absolute atomic E-state index is 12.1. The number of piperidine rings is 2. The van der Waals surface area contributed by atoms with Crippen LogP contribution in [-0.2, 0) is 4.79 Å². The smallest absolute Gasteiger partial charge is 0.223 e. The lowest BCUT2D eigenvalue weighted by atomic mass is 9.61. The SMILES string of the molecule is CCCC(=O)N1C2CC3CC1CC(O)(C3)C2. The Kier molecular flexibility index (Phi) is 2.29. The highest BCUT2D eigenvalue weighted by Crippen LogP contribution is 2.51. The van der Waals surface area contributed by atoms with Crippen molar-refractivity contribution in [3.05, 3.63) is 0 Å². The Morgan fingerprint density at radius 1 is 1.31 bits per heavy atom. The Morgan fingerprint density at radius 2 is 1.94 bits per heavy atom. The first-order valence-corrected chi connectivity index (χ1v) is 6.65. The fraction of sp³-hybridized carbons (Fsp3) is 0.923. The minimum absolute atomic E-state index is 0.319. The molecule has 2 saturated heterocycles. The summed E-state index contributed by atoms with van der Waals surface area (Å²) in [7, 11) is 0. The van der Waals surface area contributed by atoms with Crippen LogP contribution in [0.1, 0.15) is 51.9 Å². The van der Waals surface area contributed by atoms with Crippen LogP contribution in [0, 0.1) is 5.92 Å². The van der Waals surface area contributed by atoms with Gasteiger partial charge < -0.3 is 10.0 Å². The van der Waals surface area contributed by atoms with Gasteiger partial charge in [-0.1, -0.05) is 6.92 Å². The van der Waals surface area contributed by atoms with Crippen LogP contribution in [0.5, 0.6) is 0 Å². The Labute approximate surface area is 96.8 Å². The van der Waals surface area contributed by atoms with Crippen molar-refractivity contribution in [3.8, 4) is 0 Å². The van der Waals surface area contributed by atoms with Gasteiger partial charge in [-0.2, -0.15) is 0 Å². The first-order valence-electron chi connectivity index (χ1n) is 6.65. The van der Waals surface area contributed by atoms with E-state index in [-0.39, 0.29) is 0 Å². The first-order chi connectivity index (χ1) is 7.61. The van der Waals surface area contributed by atoms with E-state index in [9.17, 15) is 9.90 Å². The highest BCUT2D eigenvalue weighted by Gasteiger charge is 2.54. The molecule has 2 heterocycles. The second-order valence-electron chi connectivity index (χ2n) is 6.03. The molecule has 3 nitrogen and oxygen atoms in total. The van der Waals surface area contributed by atoms with Crippen molar-refractivity contribution < 1.29 is 9.90 Å². The summed E-state index contributed by atoms with van der Waals surface area (Å²) in [5, 5.41) is 10.4. The summed E-state index contributed by atoms with van der Waals surface area (Å²) in [5.74, 6) is 0.994. The molecule has 2 unspecified atom stereocenters. The Balaban J connectivity index is 1.81. The normalized spacial score (nSPS) is 45.1. The second-order valence-corrected chi connectivity index (χ2v) is 6.03. The maximum Gasteiger partial charge on any atom is 0.223 e. The van der Waals surface area contributed by atoms with E-state index < -0.39 is 5.60 Å². The van der Waals surface area contributed by atoms with Crippen molar-refractivity contribution in [2.24, 2.45) is 5.92 Å². The molecular formula is C13H21NO2. The molecule has 16 heavy (non-hydrogen) atoms. The third-order valence-electron chi connectivity index (χ3n) is 4.65. The first kappa shape index (κ1) is 10.6. The van der Waals surface area contributed by atoms with Crippen LogP contribution in [0.3, 0.4) is 0 Å². The van der Waals surface area contributed by atoms with Crippen LogP contribution in [0.25, 0.3) is 0 Å². The van der Waals surface area contributed by atoms with Gasteiger partial charge in [-0.05, 0) is 44.4 Å². The zero-order chi connectivity index (χ0) is 11.3. The van der Waals surface area contributed by atoms with E-state index in [1.807, 2.05) is 0 Å². The van der Waals surface area contributed by atoms with Gasteiger partial charge in [0.25, 0.3) is 0 Å². The maximum atomic E-state index is 12.1. The number of aliphatic hydroxyl groups is 1. The molecule has 4 rings (SSSR count). The van der Waals surface area contributed by atoms with Gasteiger partial charge in [-0.15, -0.1) is 0 Å². The molecule has 4 fully saturated rings. The van der Waals surface area contributed by atoms with E-state index in [2.05, 4.69) is 11.8 Å². The molecule has 4 aliphatic rings. The number of nitrogens with zero attached hydrogens (tertiary/aromatic N) is 1. The second kappa shape index (κ2) is 3.46. The zero-order valence-electron chi connectivity index (χ0n) is 9.98. The van der Waals surface area contributed by atoms with Crippen LogP contribution in [0.15, 0.2) is 0 Å². The average molecular weight is 223 g/mol. The van der Waals surface area contributed by atoms with Crippen molar-refractivity contribution in [1.29, 1.82) is 0 Å². The van der Waals surface area contributed by atoms with Crippen molar-refractivity contribution in [3.63, 3.8) is 0 Å². The molecule has 0 aromatic rings. The molecule has 3 heteroatoms. The van der Waals surface area contributed by atoms with E-state index in [0.717, 1.165) is 38.5 Å². The molecular weight excluding hydrogens is 202 g/mol. The molecule has 90 valence electrons. The lowest BCUT2D eigenvalue weighted by Gasteiger charge is -2.59. The fourth-order valence-corrected chi connectivity index (χ4v) is 4.34. The quantitative estimate of drug-likeness (QED) is 0.774. The van der Waals surface area contributed by atoms with Gasteiger partial charge in [0, 0.05) is 18.5 Å². The van der Waals surface area contributed by atoms with E-state index >= 15 is 0 Å². The van der Waals surface area contributed by atoms with Gasteiger partial charge in [-0.3, -0.25) is 4.79 Å².